The quantitative estimate of drug-likeness (QED) is 0.356. The Hall–Kier alpha value is -3.97. The van der Waals surface area contributed by atoms with Crippen molar-refractivity contribution < 1.29 is 13.9 Å². The highest BCUT2D eigenvalue weighted by Gasteiger charge is 2.16. The number of carbonyl (C=O) groups is 1. The first-order chi connectivity index (χ1) is 16.0. The highest BCUT2D eigenvalue weighted by Crippen LogP contribution is 2.22. The fraction of sp³-hybridized carbons (Fsp3) is 0.0800. The van der Waals surface area contributed by atoms with Gasteiger partial charge in [-0.1, -0.05) is 41.9 Å². The summed E-state index contributed by atoms with van der Waals surface area (Å²) in [4.78, 5) is 17.5. The minimum Gasteiger partial charge on any atom is -0.497 e. The third-order valence-electron chi connectivity index (χ3n) is 4.85. The second kappa shape index (κ2) is 10.1. The van der Waals surface area contributed by atoms with Crippen molar-refractivity contribution in [3.05, 3.63) is 101 Å². The average Bonchev–Trinajstić information content (AvgIpc) is 3.27. The largest absolute Gasteiger partial charge is 0.497 e. The van der Waals surface area contributed by atoms with Crippen LogP contribution in [0.2, 0.25) is 5.02 Å². The van der Waals surface area contributed by atoms with E-state index in [9.17, 15) is 9.18 Å². The second-order valence-electron chi connectivity index (χ2n) is 7.07. The number of allylic oxidation sites excluding steroid dienone is 1. The van der Waals surface area contributed by atoms with Crippen LogP contribution in [0.25, 0.3) is 17.5 Å². The van der Waals surface area contributed by atoms with E-state index < -0.39 is 5.91 Å². The van der Waals surface area contributed by atoms with Gasteiger partial charge in [-0.25, -0.2) is 4.39 Å². The number of nitrogens with zero attached hydrogens (tertiary/aromatic N) is 3. The molecule has 0 aliphatic heterocycles. The number of methoxy groups -OCH3 is 1. The Labute approximate surface area is 195 Å². The first kappa shape index (κ1) is 22.2. The Morgan fingerprint density at radius 2 is 1.82 bits per heavy atom. The van der Waals surface area contributed by atoms with Gasteiger partial charge in [-0.15, -0.1) is 5.10 Å². The molecule has 0 saturated carbocycles. The fourth-order valence-corrected chi connectivity index (χ4v) is 3.27. The Balaban J connectivity index is 1.63. The number of aromatic nitrogens is 3. The van der Waals surface area contributed by atoms with Crippen molar-refractivity contribution in [1.82, 2.24) is 14.8 Å². The molecule has 0 bridgehead atoms. The summed E-state index contributed by atoms with van der Waals surface area (Å²) in [7, 11) is 1.59. The molecule has 0 aliphatic rings. The molecular formula is C25H20ClFN4O2. The van der Waals surface area contributed by atoms with Gasteiger partial charge in [-0.2, -0.15) is 9.67 Å². The highest BCUT2D eigenvalue weighted by molar-refractivity contribution is 6.31. The minimum atomic E-state index is -0.409. The molecule has 0 aliphatic carbocycles. The topological polar surface area (TPSA) is 69.0 Å². The predicted octanol–water partition coefficient (Wildman–Crippen LogP) is 5.71. The Morgan fingerprint density at radius 3 is 2.52 bits per heavy atom. The lowest BCUT2D eigenvalue weighted by molar-refractivity contribution is 0.0957. The molecule has 4 rings (SSSR count). The molecule has 0 saturated heterocycles. The molecule has 0 radical (unpaired) electrons. The smallest absolute Gasteiger partial charge is 0.274 e. The van der Waals surface area contributed by atoms with E-state index in [1.54, 1.807) is 43.5 Å². The third-order valence-corrected chi connectivity index (χ3v) is 5.22. The van der Waals surface area contributed by atoms with Gasteiger partial charge in [0, 0.05) is 23.2 Å². The summed E-state index contributed by atoms with van der Waals surface area (Å²) in [5.41, 5.74) is 2.27. The number of halogens is 2. The third kappa shape index (κ3) is 5.45. The van der Waals surface area contributed by atoms with Crippen molar-refractivity contribution in [2.75, 3.05) is 12.4 Å². The zero-order valence-electron chi connectivity index (χ0n) is 17.7. The van der Waals surface area contributed by atoms with Crippen molar-refractivity contribution in [2.24, 2.45) is 0 Å². The van der Waals surface area contributed by atoms with E-state index >= 15 is 0 Å². The van der Waals surface area contributed by atoms with Crippen LogP contribution in [0.5, 0.6) is 5.75 Å². The normalized spacial score (nSPS) is 11.0. The van der Waals surface area contributed by atoms with Gasteiger partial charge in [0.1, 0.15) is 11.6 Å². The molecule has 8 heteroatoms. The van der Waals surface area contributed by atoms with Gasteiger partial charge in [0.15, 0.2) is 5.82 Å². The summed E-state index contributed by atoms with van der Waals surface area (Å²) >= 11 is 6.25. The van der Waals surface area contributed by atoms with Crippen molar-refractivity contribution in [3.63, 3.8) is 0 Å². The number of anilines is 1. The second-order valence-corrected chi connectivity index (χ2v) is 7.47. The number of carbonyl (C=O) groups excluding carboxylic acids is 1. The highest BCUT2D eigenvalue weighted by atomic mass is 35.5. The molecule has 4 aromatic rings. The van der Waals surface area contributed by atoms with Crippen LogP contribution in [-0.2, 0) is 6.54 Å². The SMILES string of the molecule is COc1ccc(-c2nc(NCc3ccccc3Cl)n(C(=O)C=Cc3ccc(F)cc3)n2)cc1. The van der Waals surface area contributed by atoms with Gasteiger partial charge in [-0.05, 0) is 59.7 Å². The molecule has 0 amide bonds. The van der Waals surface area contributed by atoms with E-state index in [-0.39, 0.29) is 11.8 Å². The number of benzene rings is 3. The zero-order chi connectivity index (χ0) is 23.2. The van der Waals surface area contributed by atoms with Gasteiger partial charge in [0.05, 0.1) is 7.11 Å². The first-order valence-corrected chi connectivity index (χ1v) is 10.5. The summed E-state index contributed by atoms with van der Waals surface area (Å²) in [6.07, 6.45) is 2.95. The van der Waals surface area contributed by atoms with Gasteiger partial charge in [0.2, 0.25) is 5.95 Å². The number of hydrogen-bond acceptors (Lipinski definition) is 5. The van der Waals surface area contributed by atoms with Crippen LogP contribution in [-0.4, -0.2) is 27.8 Å². The monoisotopic (exact) mass is 462 g/mol. The van der Waals surface area contributed by atoms with Crippen LogP contribution < -0.4 is 10.1 Å². The summed E-state index contributed by atoms with van der Waals surface area (Å²) in [5, 5.41) is 8.16. The van der Waals surface area contributed by atoms with Crippen LogP contribution in [0.4, 0.5) is 10.3 Å². The number of rotatable bonds is 7. The predicted molar refractivity (Wildman–Crippen MR) is 127 cm³/mol. The molecule has 1 aromatic heterocycles. The standard InChI is InChI=1S/C25H20ClFN4O2/c1-33-21-13-9-18(10-14-21)24-29-25(28-16-19-4-2-3-5-22(19)26)31(30-24)23(32)15-8-17-6-11-20(27)12-7-17/h2-15H,16H2,1H3,(H,28,29,30). The summed E-state index contributed by atoms with van der Waals surface area (Å²) in [6.45, 7) is 0.357. The van der Waals surface area contributed by atoms with Crippen molar-refractivity contribution in [1.29, 1.82) is 0 Å². The lowest BCUT2D eigenvalue weighted by Gasteiger charge is -2.07. The maximum atomic E-state index is 13.1. The number of hydrogen-bond donors (Lipinski definition) is 1. The van der Waals surface area contributed by atoms with Gasteiger partial charge in [-0.3, -0.25) is 4.79 Å². The number of nitrogens with one attached hydrogen (secondary N) is 1. The molecule has 3 aromatic carbocycles. The maximum Gasteiger partial charge on any atom is 0.274 e. The maximum absolute atomic E-state index is 13.1. The van der Waals surface area contributed by atoms with E-state index in [1.807, 2.05) is 30.3 Å². The summed E-state index contributed by atoms with van der Waals surface area (Å²) in [5.74, 6) is 0.601. The molecule has 0 fully saturated rings. The Morgan fingerprint density at radius 1 is 1.09 bits per heavy atom. The van der Waals surface area contributed by atoms with Gasteiger partial charge in [0.25, 0.3) is 5.91 Å². The van der Waals surface area contributed by atoms with Gasteiger partial charge >= 0.3 is 0 Å². The molecule has 1 heterocycles. The van der Waals surface area contributed by atoms with Crippen LogP contribution >= 0.6 is 11.6 Å². The van der Waals surface area contributed by atoms with E-state index in [4.69, 9.17) is 16.3 Å². The van der Waals surface area contributed by atoms with Crippen LogP contribution in [0.15, 0.2) is 78.9 Å². The summed E-state index contributed by atoms with van der Waals surface area (Å²) < 4.78 is 19.5. The lowest BCUT2D eigenvalue weighted by Crippen LogP contribution is -2.14. The van der Waals surface area contributed by atoms with Crippen LogP contribution in [0.1, 0.15) is 15.9 Å². The first-order valence-electron chi connectivity index (χ1n) is 10.1. The van der Waals surface area contributed by atoms with Crippen molar-refractivity contribution >= 4 is 29.5 Å². The van der Waals surface area contributed by atoms with E-state index in [0.717, 1.165) is 11.1 Å². The Bertz CT molecular complexity index is 1280. The van der Waals surface area contributed by atoms with Crippen molar-refractivity contribution in [3.8, 4) is 17.1 Å². The minimum absolute atomic E-state index is 0.273. The van der Waals surface area contributed by atoms with E-state index in [2.05, 4.69) is 15.4 Å². The molecule has 33 heavy (non-hydrogen) atoms. The summed E-state index contributed by atoms with van der Waals surface area (Å²) in [6, 6.07) is 20.5. The molecule has 6 nitrogen and oxygen atoms in total. The van der Waals surface area contributed by atoms with Gasteiger partial charge < -0.3 is 10.1 Å². The van der Waals surface area contributed by atoms with E-state index in [0.29, 0.717) is 28.7 Å². The fourth-order valence-electron chi connectivity index (χ4n) is 3.07. The lowest BCUT2D eigenvalue weighted by atomic mass is 10.2. The molecular weight excluding hydrogens is 443 g/mol. The average molecular weight is 463 g/mol. The molecule has 0 spiro atoms. The number of ether oxygens (including phenoxy) is 1. The van der Waals surface area contributed by atoms with Crippen molar-refractivity contribution in [2.45, 2.75) is 6.54 Å². The van der Waals surface area contributed by atoms with Crippen LogP contribution in [0.3, 0.4) is 0 Å². The van der Waals surface area contributed by atoms with E-state index in [1.165, 1.54) is 22.9 Å². The van der Waals surface area contributed by atoms with Crippen LogP contribution in [0, 0.1) is 5.82 Å². The Kier molecular flexibility index (Phi) is 6.80. The molecule has 0 atom stereocenters. The zero-order valence-corrected chi connectivity index (χ0v) is 18.5. The molecule has 1 N–H and O–H groups in total. The molecule has 0 unspecified atom stereocenters. The molecule has 166 valence electrons.